The van der Waals surface area contributed by atoms with Gasteiger partial charge in [0.15, 0.2) is 0 Å². The quantitative estimate of drug-likeness (QED) is 0.251. The maximum absolute atomic E-state index is 13.2. The van der Waals surface area contributed by atoms with Crippen LogP contribution in [0.25, 0.3) is 0 Å². The SMILES string of the molecule is NC1CC(CC(NC(=O)NC(CC2CCCCC2)C(=O)N[C@@H]2CC3CCC2C3)C(=O)O)C1.O=C(O)C(F)(F)F. The number of halogens is 3. The summed E-state index contributed by atoms with van der Waals surface area (Å²) in [5, 5.41) is 25.3. The lowest BCUT2D eigenvalue weighted by Crippen LogP contribution is -2.56. The van der Waals surface area contributed by atoms with E-state index >= 15 is 0 Å². The monoisotopic (exact) mass is 562 g/mol. The fraction of sp³-hybridized carbons (Fsp3) is 0.846. The van der Waals surface area contributed by atoms with E-state index in [4.69, 9.17) is 15.6 Å². The number of carbonyl (C=O) groups is 4. The van der Waals surface area contributed by atoms with Gasteiger partial charge in [0.25, 0.3) is 0 Å². The summed E-state index contributed by atoms with van der Waals surface area (Å²) in [6, 6.07) is -1.79. The summed E-state index contributed by atoms with van der Waals surface area (Å²) < 4.78 is 31.7. The molecule has 7 N–H and O–H groups in total. The minimum atomic E-state index is -5.08. The van der Waals surface area contributed by atoms with Gasteiger partial charge in [0.05, 0.1) is 0 Å². The molecule has 0 saturated heterocycles. The molecule has 10 nitrogen and oxygen atoms in total. The number of fused-ring (bicyclic) bond motifs is 2. The van der Waals surface area contributed by atoms with Gasteiger partial charge in [0, 0.05) is 12.1 Å². The Labute approximate surface area is 226 Å². The Morgan fingerprint density at radius 3 is 1.90 bits per heavy atom. The van der Waals surface area contributed by atoms with Crippen LogP contribution in [-0.4, -0.2) is 64.4 Å². The number of carboxylic acid groups (broad SMARTS) is 2. The molecule has 2 bridgehead atoms. The number of rotatable bonds is 9. The molecule has 3 amide bonds. The highest BCUT2D eigenvalue weighted by molar-refractivity contribution is 5.89. The van der Waals surface area contributed by atoms with Crippen molar-refractivity contribution < 1.29 is 42.6 Å². The Morgan fingerprint density at radius 2 is 1.41 bits per heavy atom. The molecule has 0 aliphatic heterocycles. The van der Waals surface area contributed by atoms with Gasteiger partial charge in [0.2, 0.25) is 5.91 Å². The van der Waals surface area contributed by atoms with Crippen LogP contribution in [0.4, 0.5) is 18.0 Å². The van der Waals surface area contributed by atoms with Crippen LogP contribution >= 0.6 is 0 Å². The van der Waals surface area contributed by atoms with Gasteiger partial charge < -0.3 is 31.9 Å². The number of nitrogens with one attached hydrogen (secondary N) is 3. The maximum atomic E-state index is 13.2. The van der Waals surface area contributed by atoms with E-state index in [-0.39, 0.29) is 23.9 Å². The normalized spacial score (nSPS) is 29.7. The van der Waals surface area contributed by atoms with Gasteiger partial charge in [-0.2, -0.15) is 13.2 Å². The molecule has 0 aromatic heterocycles. The summed E-state index contributed by atoms with van der Waals surface area (Å²) in [6.07, 6.45) is 7.95. The van der Waals surface area contributed by atoms with E-state index in [1.807, 2.05) is 0 Å². The summed E-state index contributed by atoms with van der Waals surface area (Å²) >= 11 is 0. The number of alkyl halides is 3. The highest BCUT2D eigenvalue weighted by Gasteiger charge is 2.41. The standard InChI is InChI=1S/C24H40N4O4.C2HF3O2/c25-18-9-16(10-18)13-21(23(30)31)28-24(32)27-20(11-14-4-2-1-3-5-14)22(29)26-19-12-15-6-7-17(19)8-15;3-2(4,5)1(6)7/h14-21H,1-13,25H2,(H,26,29)(H,30,31)(H2,27,28,32);(H,6,7)/t15?,16?,17?,18?,19-,20?,21?;/m1./s1. The first-order chi connectivity index (χ1) is 18.3. The molecule has 4 rings (SSSR count). The number of carboxylic acids is 2. The number of amides is 3. The number of hydrogen-bond donors (Lipinski definition) is 6. The first-order valence-corrected chi connectivity index (χ1v) is 14.0. The molecule has 0 spiro atoms. The van der Waals surface area contributed by atoms with Gasteiger partial charge in [-0.1, -0.05) is 38.5 Å². The average molecular weight is 563 g/mol. The number of urea groups is 1. The Kier molecular flexibility index (Phi) is 10.9. The van der Waals surface area contributed by atoms with Crippen LogP contribution in [0, 0.1) is 23.7 Å². The molecule has 222 valence electrons. The van der Waals surface area contributed by atoms with Crippen LogP contribution in [0.5, 0.6) is 0 Å². The van der Waals surface area contributed by atoms with Gasteiger partial charge in [-0.3, -0.25) is 4.79 Å². The van der Waals surface area contributed by atoms with Gasteiger partial charge in [-0.15, -0.1) is 0 Å². The highest BCUT2D eigenvalue weighted by Crippen LogP contribution is 2.44. The van der Waals surface area contributed by atoms with Gasteiger partial charge in [-0.05, 0) is 68.6 Å². The van der Waals surface area contributed by atoms with Crippen molar-refractivity contribution in [2.45, 2.75) is 114 Å². The molecule has 4 aliphatic rings. The minimum Gasteiger partial charge on any atom is -0.480 e. The average Bonchev–Trinajstić information content (AvgIpc) is 3.46. The Bertz CT molecular complexity index is 876. The molecule has 0 heterocycles. The Balaban J connectivity index is 0.000000532. The minimum absolute atomic E-state index is 0.111. The van der Waals surface area contributed by atoms with Crippen LogP contribution in [0.2, 0.25) is 0 Å². The van der Waals surface area contributed by atoms with Crippen molar-refractivity contribution in [1.82, 2.24) is 16.0 Å². The Morgan fingerprint density at radius 1 is 0.821 bits per heavy atom. The van der Waals surface area contributed by atoms with Crippen molar-refractivity contribution in [2.24, 2.45) is 29.4 Å². The van der Waals surface area contributed by atoms with E-state index < -0.39 is 36.2 Å². The molecule has 0 aromatic carbocycles. The molecule has 13 heteroatoms. The summed E-state index contributed by atoms with van der Waals surface area (Å²) in [7, 11) is 0. The lowest BCUT2D eigenvalue weighted by atomic mass is 9.77. The lowest BCUT2D eigenvalue weighted by Gasteiger charge is -2.34. The number of aliphatic carboxylic acids is 2. The number of carbonyl (C=O) groups excluding carboxylic acids is 2. The molecule has 4 aliphatic carbocycles. The topological polar surface area (TPSA) is 171 Å². The van der Waals surface area contributed by atoms with Gasteiger partial charge in [0.1, 0.15) is 12.1 Å². The lowest BCUT2D eigenvalue weighted by molar-refractivity contribution is -0.192. The summed E-state index contributed by atoms with van der Waals surface area (Å²) in [5.74, 6) is -1.96. The van der Waals surface area contributed by atoms with Crippen LogP contribution < -0.4 is 21.7 Å². The number of nitrogens with two attached hydrogens (primary N) is 1. The smallest absolute Gasteiger partial charge is 0.480 e. The third kappa shape index (κ3) is 9.54. The van der Waals surface area contributed by atoms with Crippen LogP contribution in [0.1, 0.15) is 83.5 Å². The largest absolute Gasteiger partial charge is 0.490 e. The third-order valence-electron chi connectivity index (χ3n) is 8.67. The second kappa shape index (κ2) is 13.7. The first-order valence-electron chi connectivity index (χ1n) is 14.0. The predicted octanol–water partition coefficient (Wildman–Crippen LogP) is 3.14. The van der Waals surface area contributed by atoms with Crippen molar-refractivity contribution >= 4 is 23.9 Å². The fourth-order valence-corrected chi connectivity index (χ4v) is 6.59. The summed E-state index contributed by atoms with van der Waals surface area (Å²) in [6.45, 7) is 0. The Hall–Kier alpha value is -2.57. The molecular formula is C26H41F3N4O6. The van der Waals surface area contributed by atoms with Crippen LogP contribution in [0.3, 0.4) is 0 Å². The highest BCUT2D eigenvalue weighted by atomic mass is 19.4. The molecular weight excluding hydrogens is 521 g/mol. The maximum Gasteiger partial charge on any atom is 0.490 e. The van der Waals surface area contributed by atoms with Crippen molar-refractivity contribution in [2.75, 3.05) is 0 Å². The van der Waals surface area contributed by atoms with E-state index in [0.29, 0.717) is 24.7 Å². The molecule has 4 saturated carbocycles. The van der Waals surface area contributed by atoms with Crippen LogP contribution in [-0.2, 0) is 14.4 Å². The van der Waals surface area contributed by atoms with Crippen molar-refractivity contribution in [3.05, 3.63) is 0 Å². The molecule has 5 atom stereocenters. The third-order valence-corrected chi connectivity index (χ3v) is 8.67. The van der Waals surface area contributed by atoms with Crippen molar-refractivity contribution in [3.63, 3.8) is 0 Å². The van der Waals surface area contributed by atoms with E-state index in [2.05, 4.69) is 16.0 Å². The zero-order valence-electron chi connectivity index (χ0n) is 22.0. The van der Waals surface area contributed by atoms with Crippen molar-refractivity contribution in [1.29, 1.82) is 0 Å². The van der Waals surface area contributed by atoms with Gasteiger partial charge >= 0.3 is 24.1 Å². The van der Waals surface area contributed by atoms with E-state index in [0.717, 1.165) is 38.0 Å². The zero-order chi connectivity index (χ0) is 28.7. The fourth-order valence-electron chi connectivity index (χ4n) is 6.59. The molecule has 0 aromatic rings. The second-order valence-corrected chi connectivity index (χ2v) is 11.7. The summed E-state index contributed by atoms with van der Waals surface area (Å²) in [4.78, 5) is 46.5. The number of hydrogen-bond acceptors (Lipinski definition) is 5. The zero-order valence-corrected chi connectivity index (χ0v) is 22.0. The van der Waals surface area contributed by atoms with E-state index in [1.165, 1.54) is 38.5 Å². The molecule has 39 heavy (non-hydrogen) atoms. The van der Waals surface area contributed by atoms with Crippen LogP contribution in [0.15, 0.2) is 0 Å². The van der Waals surface area contributed by atoms with E-state index in [9.17, 15) is 32.7 Å². The molecule has 0 radical (unpaired) electrons. The predicted molar refractivity (Wildman–Crippen MR) is 134 cm³/mol. The second-order valence-electron chi connectivity index (χ2n) is 11.7. The van der Waals surface area contributed by atoms with Gasteiger partial charge in [-0.25, -0.2) is 14.4 Å². The summed E-state index contributed by atoms with van der Waals surface area (Å²) in [5.41, 5.74) is 5.81. The first kappa shape index (κ1) is 31.0. The van der Waals surface area contributed by atoms with E-state index in [1.54, 1.807) is 0 Å². The molecule has 4 unspecified atom stereocenters. The molecule has 4 fully saturated rings. The van der Waals surface area contributed by atoms with Crippen molar-refractivity contribution in [3.8, 4) is 0 Å².